The van der Waals surface area contributed by atoms with Gasteiger partial charge in [-0.05, 0) is 56.0 Å². The molecule has 1 fully saturated rings. The third kappa shape index (κ3) is 5.20. The molecule has 0 radical (unpaired) electrons. The first-order chi connectivity index (χ1) is 15.5. The van der Waals surface area contributed by atoms with Gasteiger partial charge in [0.1, 0.15) is 5.75 Å². The number of aryl methyl sites for hydroxylation is 2. The largest absolute Gasteiger partial charge is 0.496 e. The summed E-state index contributed by atoms with van der Waals surface area (Å²) < 4.78 is 5.40. The Hall–Kier alpha value is -3.11. The number of para-hydroxylation sites is 1. The number of ether oxygens (including phenoxy) is 1. The normalized spacial score (nSPS) is 16.2. The molecule has 1 amide bonds. The van der Waals surface area contributed by atoms with Gasteiger partial charge in [-0.3, -0.25) is 9.69 Å². The molecule has 4 rings (SSSR count). The highest BCUT2D eigenvalue weighted by molar-refractivity contribution is 5.82. The van der Waals surface area contributed by atoms with Crippen molar-refractivity contribution in [3.63, 3.8) is 0 Å². The van der Waals surface area contributed by atoms with Crippen molar-refractivity contribution in [2.45, 2.75) is 45.8 Å². The molecule has 1 atom stereocenters. The van der Waals surface area contributed by atoms with Crippen LogP contribution in [-0.4, -0.2) is 30.5 Å². The second-order valence-corrected chi connectivity index (χ2v) is 8.73. The monoisotopic (exact) mass is 428 g/mol. The van der Waals surface area contributed by atoms with Gasteiger partial charge in [0, 0.05) is 18.7 Å². The summed E-state index contributed by atoms with van der Waals surface area (Å²) in [6.07, 6.45) is 1.95. The zero-order valence-corrected chi connectivity index (χ0v) is 19.2. The van der Waals surface area contributed by atoms with Crippen LogP contribution in [0.15, 0.2) is 66.7 Å². The first-order valence-electron chi connectivity index (χ1n) is 11.3. The third-order valence-electron chi connectivity index (χ3n) is 6.21. The Morgan fingerprint density at radius 1 is 1.00 bits per heavy atom. The number of carbonyl (C=O) groups excluding carboxylic acids is 1. The standard InChI is InChI=1S/C28H32N2O2/c1-20-15-21(2)17-25(16-20)23-12-10-22(11-13-23)19-30-14-6-8-26(30)28(31)29-18-24-7-4-5-9-27(24)32-3/h4-5,7,9-13,15-17,26H,6,8,14,18-19H2,1-3H3,(H,29,31). The van der Waals surface area contributed by atoms with Crippen molar-refractivity contribution in [3.8, 4) is 16.9 Å². The first kappa shape index (κ1) is 22.1. The van der Waals surface area contributed by atoms with Crippen LogP contribution in [-0.2, 0) is 17.9 Å². The summed E-state index contributed by atoms with van der Waals surface area (Å²) in [5.41, 5.74) is 7.28. The molecule has 4 heteroatoms. The van der Waals surface area contributed by atoms with Crippen LogP contribution in [0.3, 0.4) is 0 Å². The molecule has 32 heavy (non-hydrogen) atoms. The van der Waals surface area contributed by atoms with Crippen LogP contribution in [0.2, 0.25) is 0 Å². The minimum atomic E-state index is -0.0798. The number of carbonyl (C=O) groups is 1. The van der Waals surface area contributed by atoms with Crippen molar-refractivity contribution >= 4 is 5.91 Å². The van der Waals surface area contributed by atoms with Crippen LogP contribution < -0.4 is 10.1 Å². The smallest absolute Gasteiger partial charge is 0.237 e. The molecule has 1 N–H and O–H groups in total. The molecule has 4 nitrogen and oxygen atoms in total. The van der Waals surface area contributed by atoms with Gasteiger partial charge in [-0.25, -0.2) is 0 Å². The maximum atomic E-state index is 12.9. The van der Waals surface area contributed by atoms with Crippen molar-refractivity contribution in [2.75, 3.05) is 13.7 Å². The van der Waals surface area contributed by atoms with E-state index in [9.17, 15) is 4.79 Å². The molecular formula is C28H32N2O2. The summed E-state index contributed by atoms with van der Waals surface area (Å²) in [5.74, 6) is 0.903. The van der Waals surface area contributed by atoms with Gasteiger partial charge in [0.25, 0.3) is 0 Å². The molecule has 3 aromatic carbocycles. The van der Waals surface area contributed by atoms with E-state index in [0.29, 0.717) is 6.54 Å². The van der Waals surface area contributed by atoms with Crippen molar-refractivity contribution < 1.29 is 9.53 Å². The van der Waals surface area contributed by atoms with Crippen molar-refractivity contribution in [1.29, 1.82) is 0 Å². The topological polar surface area (TPSA) is 41.6 Å². The lowest BCUT2D eigenvalue weighted by Crippen LogP contribution is -2.42. The summed E-state index contributed by atoms with van der Waals surface area (Å²) in [6, 6.07) is 23.1. The van der Waals surface area contributed by atoms with E-state index in [-0.39, 0.29) is 11.9 Å². The number of nitrogens with zero attached hydrogens (tertiary/aromatic N) is 1. The molecular weight excluding hydrogens is 396 g/mol. The number of benzene rings is 3. The highest BCUT2D eigenvalue weighted by Crippen LogP contribution is 2.25. The summed E-state index contributed by atoms with van der Waals surface area (Å²) in [7, 11) is 1.66. The summed E-state index contributed by atoms with van der Waals surface area (Å²) in [4.78, 5) is 15.2. The third-order valence-corrected chi connectivity index (χ3v) is 6.21. The van der Waals surface area contributed by atoms with Gasteiger partial charge in [-0.15, -0.1) is 0 Å². The van der Waals surface area contributed by atoms with E-state index in [2.05, 4.69) is 66.5 Å². The van der Waals surface area contributed by atoms with E-state index < -0.39 is 0 Å². The summed E-state index contributed by atoms with van der Waals surface area (Å²) in [6.45, 7) is 6.50. The molecule has 0 bridgehead atoms. The lowest BCUT2D eigenvalue weighted by molar-refractivity contribution is -0.125. The lowest BCUT2D eigenvalue weighted by Gasteiger charge is -2.24. The predicted molar refractivity (Wildman–Crippen MR) is 130 cm³/mol. The van der Waals surface area contributed by atoms with Gasteiger partial charge >= 0.3 is 0 Å². The van der Waals surface area contributed by atoms with Crippen LogP contribution in [0.5, 0.6) is 5.75 Å². The number of nitrogens with one attached hydrogen (secondary N) is 1. The van der Waals surface area contributed by atoms with Crippen LogP contribution in [0.4, 0.5) is 0 Å². The van der Waals surface area contributed by atoms with E-state index in [1.807, 2.05) is 24.3 Å². The Balaban J connectivity index is 1.38. The molecule has 1 saturated heterocycles. The molecule has 0 aromatic heterocycles. The average Bonchev–Trinajstić information content (AvgIpc) is 3.25. The number of amides is 1. The molecule has 1 heterocycles. The van der Waals surface area contributed by atoms with Gasteiger partial charge in [0.2, 0.25) is 5.91 Å². The molecule has 3 aromatic rings. The van der Waals surface area contributed by atoms with Gasteiger partial charge in [-0.2, -0.15) is 0 Å². The number of rotatable bonds is 7. The second-order valence-electron chi connectivity index (χ2n) is 8.73. The number of hydrogen-bond acceptors (Lipinski definition) is 3. The van der Waals surface area contributed by atoms with Crippen molar-refractivity contribution in [1.82, 2.24) is 10.2 Å². The minimum Gasteiger partial charge on any atom is -0.496 e. The molecule has 0 spiro atoms. The Bertz CT molecular complexity index is 1050. The Morgan fingerprint density at radius 3 is 2.44 bits per heavy atom. The fourth-order valence-electron chi connectivity index (χ4n) is 4.64. The van der Waals surface area contributed by atoms with E-state index in [1.54, 1.807) is 7.11 Å². The Kier molecular flexibility index (Phi) is 6.91. The van der Waals surface area contributed by atoms with Crippen LogP contribution >= 0.6 is 0 Å². The van der Waals surface area contributed by atoms with Crippen LogP contribution in [0.25, 0.3) is 11.1 Å². The van der Waals surface area contributed by atoms with Gasteiger partial charge < -0.3 is 10.1 Å². The highest BCUT2D eigenvalue weighted by Gasteiger charge is 2.30. The molecule has 166 valence electrons. The fourth-order valence-corrected chi connectivity index (χ4v) is 4.64. The Labute approximate surface area is 191 Å². The molecule has 1 unspecified atom stereocenters. The number of methoxy groups -OCH3 is 1. The van der Waals surface area contributed by atoms with E-state index in [0.717, 1.165) is 37.2 Å². The summed E-state index contributed by atoms with van der Waals surface area (Å²) in [5, 5.41) is 3.11. The van der Waals surface area contributed by atoms with Crippen molar-refractivity contribution in [2.24, 2.45) is 0 Å². The Morgan fingerprint density at radius 2 is 1.72 bits per heavy atom. The van der Waals surface area contributed by atoms with Crippen molar-refractivity contribution in [3.05, 3.63) is 89.0 Å². The SMILES string of the molecule is COc1ccccc1CNC(=O)C1CCCN1Cc1ccc(-c2cc(C)cc(C)c2)cc1. The first-order valence-corrected chi connectivity index (χ1v) is 11.3. The molecule has 1 aliphatic rings. The average molecular weight is 429 g/mol. The maximum Gasteiger partial charge on any atom is 0.237 e. The van der Waals surface area contributed by atoms with Crippen LogP contribution in [0, 0.1) is 13.8 Å². The van der Waals surface area contributed by atoms with Gasteiger partial charge in [0.05, 0.1) is 13.2 Å². The maximum absolute atomic E-state index is 12.9. The lowest BCUT2D eigenvalue weighted by atomic mass is 9.99. The molecule has 0 aliphatic carbocycles. The fraction of sp³-hybridized carbons (Fsp3) is 0.321. The molecule has 0 saturated carbocycles. The van der Waals surface area contributed by atoms with E-state index in [4.69, 9.17) is 4.74 Å². The van der Waals surface area contributed by atoms with E-state index >= 15 is 0 Å². The number of likely N-dealkylation sites (tertiary alicyclic amines) is 1. The quantitative estimate of drug-likeness (QED) is 0.558. The zero-order valence-electron chi connectivity index (χ0n) is 19.2. The van der Waals surface area contributed by atoms with Gasteiger partial charge in [-0.1, -0.05) is 71.8 Å². The minimum absolute atomic E-state index is 0.0798. The highest BCUT2D eigenvalue weighted by atomic mass is 16.5. The number of hydrogen-bond donors (Lipinski definition) is 1. The van der Waals surface area contributed by atoms with Gasteiger partial charge in [0.15, 0.2) is 0 Å². The van der Waals surface area contributed by atoms with Crippen LogP contribution in [0.1, 0.15) is 35.1 Å². The summed E-state index contributed by atoms with van der Waals surface area (Å²) >= 11 is 0. The predicted octanol–water partition coefficient (Wildman–Crippen LogP) is 5.26. The van der Waals surface area contributed by atoms with E-state index in [1.165, 1.54) is 27.8 Å². The molecule has 1 aliphatic heterocycles. The zero-order chi connectivity index (χ0) is 22.5. The second kappa shape index (κ2) is 10.0.